The van der Waals surface area contributed by atoms with Crippen molar-refractivity contribution >= 4 is 110 Å². The van der Waals surface area contributed by atoms with Crippen LogP contribution in [-0.4, -0.2) is 11.3 Å². The van der Waals surface area contributed by atoms with Crippen molar-refractivity contribution in [1.29, 1.82) is 0 Å². The van der Waals surface area contributed by atoms with Crippen molar-refractivity contribution in [3.63, 3.8) is 0 Å². The molecule has 6 heteroatoms. The topological polar surface area (TPSA) is 34.5 Å². The van der Waals surface area contributed by atoms with E-state index in [1.807, 2.05) is 11.3 Å². The minimum Gasteiger partial charge on any atom is -0.466 e. The molecule has 0 fully saturated rings. The number of para-hydroxylation sites is 3. The summed E-state index contributed by atoms with van der Waals surface area (Å²) in [5.74, 6) is 0. The van der Waals surface area contributed by atoms with Gasteiger partial charge < -0.3 is 18.2 Å². The number of hydrogen-bond acceptors (Lipinski definition) is 4. The van der Waals surface area contributed by atoms with E-state index in [-0.39, 0.29) is 17.7 Å². The van der Waals surface area contributed by atoms with Gasteiger partial charge in [0, 0.05) is 48.4 Å². The fourth-order valence-electron chi connectivity index (χ4n) is 10.8. The quantitative estimate of drug-likeness (QED) is 0.158. The maximum atomic E-state index is 7.25. The molecule has 0 N–H and O–H groups in total. The molecule has 6 aromatic carbocycles. The Hall–Kier alpha value is -5.72. The van der Waals surface area contributed by atoms with Crippen LogP contribution in [0.1, 0.15) is 57.2 Å². The van der Waals surface area contributed by atoms with Crippen molar-refractivity contribution in [2.24, 2.45) is 0 Å². The second-order valence-corrected chi connectivity index (χ2v) is 18.6. The zero-order valence-electron chi connectivity index (χ0n) is 31.5. The number of nitrogens with zero attached hydrogens (tertiary/aromatic N) is 2. The van der Waals surface area contributed by atoms with E-state index in [1.54, 1.807) is 0 Å². The maximum absolute atomic E-state index is 7.25. The SMILES string of the molecule is Cc1cc2c(cc1N1c3c(oc4ccccc34)B3c4c(cc5c(sc6ccccc65)c41)-c1cccc4c5oc6ccccc6c5n3c14)C(C)(C)CCC2(C)C. The summed E-state index contributed by atoms with van der Waals surface area (Å²) in [6.45, 7) is 11.9. The molecule has 2 aliphatic heterocycles. The van der Waals surface area contributed by atoms with Crippen LogP contribution in [0, 0.1) is 6.92 Å². The Bertz CT molecular complexity index is 3370. The van der Waals surface area contributed by atoms with Gasteiger partial charge >= 0.3 is 6.85 Å². The number of furan rings is 2. The van der Waals surface area contributed by atoms with Crippen LogP contribution in [-0.2, 0) is 10.8 Å². The number of hydrogen-bond donors (Lipinski definition) is 0. The van der Waals surface area contributed by atoms with Crippen molar-refractivity contribution in [2.75, 3.05) is 4.90 Å². The Kier molecular flexibility index (Phi) is 5.52. The number of rotatable bonds is 1. The predicted molar refractivity (Wildman–Crippen MR) is 232 cm³/mol. The zero-order chi connectivity index (χ0) is 36.7. The lowest BCUT2D eigenvalue weighted by Gasteiger charge is -2.44. The Balaban J connectivity index is 1.26. The first-order valence-corrected chi connectivity index (χ1v) is 20.4. The van der Waals surface area contributed by atoms with Crippen LogP contribution in [0.2, 0.25) is 0 Å². The van der Waals surface area contributed by atoms with Gasteiger partial charge in [-0.25, -0.2) is 0 Å². The maximum Gasteiger partial charge on any atom is 0.376 e. The number of benzene rings is 6. The van der Waals surface area contributed by atoms with Crippen molar-refractivity contribution < 1.29 is 8.83 Å². The highest BCUT2D eigenvalue weighted by Gasteiger charge is 2.49. The molecule has 13 rings (SSSR count). The second kappa shape index (κ2) is 9.93. The lowest BCUT2D eigenvalue weighted by molar-refractivity contribution is 0.332. The van der Waals surface area contributed by atoms with Gasteiger partial charge in [-0.2, -0.15) is 0 Å². The minimum atomic E-state index is -0.206. The number of fused-ring (bicyclic) bond motifs is 16. The first-order chi connectivity index (χ1) is 26.7. The van der Waals surface area contributed by atoms with E-state index >= 15 is 0 Å². The largest absolute Gasteiger partial charge is 0.466 e. The van der Waals surface area contributed by atoms with Crippen LogP contribution < -0.4 is 16.0 Å². The Morgan fingerprint density at radius 3 is 2.09 bits per heavy atom. The summed E-state index contributed by atoms with van der Waals surface area (Å²) < 4.78 is 19.2. The van der Waals surface area contributed by atoms with Crippen LogP contribution in [0.3, 0.4) is 0 Å². The molecular weight excluding hydrogens is 691 g/mol. The van der Waals surface area contributed by atoms with Gasteiger partial charge in [0.1, 0.15) is 16.8 Å². The molecule has 4 nitrogen and oxygen atoms in total. The number of anilines is 3. The molecule has 0 saturated carbocycles. The summed E-state index contributed by atoms with van der Waals surface area (Å²) in [7, 11) is 0. The van der Waals surface area contributed by atoms with Crippen LogP contribution in [0.25, 0.3) is 75.2 Å². The fraction of sp³-hybridized carbons (Fsp3) is 0.184. The van der Waals surface area contributed by atoms with E-state index in [1.165, 1.54) is 76.8 Å². The molecule has 6 heterocycles. The molecule has 0 bridgehead atoms. The molecule has 0 amide bonds. The fourth-order valence-corrected chi connectivity index (χ4v) is 12.0. The molecule has 55 heavy (non-hydrogen) atoms. The van der Waals surface area contributed by atoms with Gasteiger partial charge in [-0.05, 0) is 107 Å². The first kappa shape index (κ1) is 30.6. The normalized spacial score (nSPS) is 16.5. The lowest BCUT2D eigenvalue weighted by Crippen LogP contribution is -2.56. The summed E-state index contributed by atoms with van der Waals surface area (Å²) in [6.07, 6.45) is 2.35. The van der Waals surface area contributed by atoms with Gasteiger partial charge in [0.05, 0.1) is 21.6 Å². The van der Waals surface area contributed by atoms with E-state index in [9.17, 15) is 0 Å². The molecule has 1 aliphatic carbocycles. The van der Waals surface area contributed by atoms with Crippen LogP contribution in [0.5, 0.6) is 0 Å². The lowest BCUT2D eigenvalue weighted by atomic mass is 9.47. The summed E-state index contributed by atoms with van der Waals surface area (Å²) in [5, 5.41) is 6.01. The third kappa shape index (κ3) is 3.65. The summed E-state index contributed by atoms with van der Waals surface area (Å²) in [6, 6.07) is 40.4. The highest BCUT2D eigenvalue weighted by atomic mass is 32.1. The van der Waals surface area contributed by atoms with E-state index in [4.69, 9.17) is 8.83 Å². The van der Waals surface area contributed by atoms with Gasteiger partial charge in [-0.1, -0.05) is 88.4 Å². The predicted octanol–water partition coefficient (Wildman–Crippen LogP) is 12.7. The van der Waals surface area contributed by atoms with Crippen LogP contribution >= 0.6 is 11.3 Å². The standard InChI is InChI=1S/C49H37BN2O2S/c1-26-23-34-35(49(4,5)22-21-48(34,2)3)25-36(26)51-43-30-15-7-10-19-38(30)54-47(43)50-40-32(24-33-27-13-8-11-20-39(27)55-46(33)44(40)51)28-16-12-17-31-41(28)52(50)42-29-14-6-9-18-37(29)53-45(31)42/h6-20,23-25H,21-22H2,1-5H3. The molecule has 0 radical (unpaired) electrons. The first-order valence-electron chi connectivity index (χ1n) is 19.6. The molecule has 0 spiro atoms. The molecule has 3 aliphatic rings. The number of aryl methyl sites for hydroxylation is 1. The zero-order valence-corrected chi connectivity index (χ0v) is 32.3. The number of aromatic nitrogens is 1. The van der Waals surface area contributed by atoms with Crippen molar-refractivity contribution in [3.05, 3.63) is 126 Å². The van der Waals surface area contributed by atoms with E-state index < -0.39 is 0 Å². The molecule has 4 aromatic heterocycles. The summed E-state index contributed by atoms with van der Waals surface area (Å²) in [4.78, 5) is 2.63. The average Bonchev–Trinajstić information content (AvgIpc) is 3.94. The third-order valence-corrected chi connectivity index (χ3v) is 14.7. The van der Waals surface area contributed by atoms with Gasteiger partial charge in [0.2, 0.25) is 0 Å². The smallest absolute Gasteiger partial charge is 0.376 e. The Morgan fingerprint density at radius 2 is 1.29 bits per heavy atom. The molecule has 0 atom stereocenters. The van der Waals surface area contributed by atoms with Crippen molar-refractivity contribution in [1.82, 2.24) is 4.48 Å². The van der Waals surface area contributed by atoms with Gasteiger partial charge in [-0.3, -0.25) is 0 Å². The van der Waals surface area contributed by atoms with Gasteiger partial charge in [0.15, 0.2) is 5.58 Å². The van der Waals surface area contributed by atoms with E-state index in [0.717, 1.165) is 56.2 Å². The highest BCUT2D eigenvalue weighted by Crippen LogP contribution is 2.55. The van der Waals surface area contributed by atoms with Gasteiger partial charge in [-0.15, -0.1) is 11.3 Å². The van der Waals surface area contributed by atoms with Crippen molar-refractivity contribution in [2.45, 2.75) is 58.3 Å². The number of thiophene rings is 1. The summed E-state index contributed by atoms with van der Waals surface area (Å²) >= 11 is 1.92. The third-order valence-electron chi connectivity index (χ3n) is 13.5. The van der Waals surface area contributed by atoms with Crippen LogP contribution in [0.15, 0.2) is 118 Å². The molecule has 0 unspecified atom stereocenters. The second-order valence-electron chi connectivity index (χ2n) is 17.5. The highest BCUT2D eigenvalue weighted by molar-refractivity contribution is 7.26. The Labute approximate surface area is 322 Å². The van der Waals surface area contributed by atoms with Crippen LogP contribution in [0.4, 0.5) is 17.1 Å². The van der Waals surface area contributed by atoms with E-state index in [2.05, 4.69) is 153 Å². The Morgan fingerprint density at radius 1 is 0.618 bits per heavy atom. The van der Waals surface area contributed by atoms with E-state index in [0.29, 0.717) is 0 Å². The molecule has 10 aromatic rings. The summed E-state index contributed by atoms with van der Waals surface area (Å²) in [5.41, 5.74) is 17.9. The monoisotopic (exact) mass is 728 g/mol. The minimum absolute atomic E-state index is 0.0552. The van der Waals surface area contributed by atoms with Gasteiger partial charge in [0.25, 0.3) is 0 Å². The van der Waals surface area contributed by atoms with Crippen molar-refractivity contribution in [3.8, 4) is 11.1 Å². The molecule has 0 saturated heterocycles. The molecule has 264 valence electrons. The molecular formula is C49H37BN2O2S. The average molecular weight is 729 g/mol.